The third kappa shape index (κ3) is 5.33. The minimum absolute atomic E-state index is 0.00654. The number of anilines is 1. The van der Waals surface area contributed by atoms with Crippen molar-refractivity contribution in [3.8, 4) is 17.0 Å². The molecule has 0 spiro atoms. The smallest absolute Gasteiger partial charge is 0.266 e. The number of ether oxygens (including phenoxy) is 1. The van der Waals surface area contributed by atoms with Gasteiger partial charge in [-0.15, -0.1) is 0 Å². The molecule has 4 rings (SSSR count). The molecule has 3 aromatic rings. The Bertz CT molecular complexity index is 1230. The molecule has 2 aromatic carbocycles. The Morgan fingerprint density at radius 1 is 0.971 bits per heavy atom. The molecule has 0 saturated carbocycles. The maximum Gasteiger partial charge on any atom is 0.266 e. The van der Waals surface area contributed by atoms with Crippen molar-refractivity contribution in [3.05, 3.63) is 76.6 Å². The molecular formula is C26H28N4O4. The molecule has 8 nitrogen and oxygen atoms in total. The number of carbonyl (C=O) groups excluding carboxylic acids is 2. The molecule has 1 amide bonds. The van der Waals surface area contributed by atoms with Gasteiger partial charge in [-0.25, -0.2) is 4.68 Å². The molecule has 0 radical (unpaired) electrons. The van der Waals surface area contributed by atoms with E-state index in [1.165, 1.54) is 10.7 Å². The van der Waals surface area contributed by atoms with Crippen LogP contribution in [-0.2, 0) is 11.3 Å². The number of nitrogens with zero attached hydrogens (tertiary/aromatic N) is 4. The van der Waals surface area contributed by atoms with Gasteiger partial charge in [0.15, 0.2) is 5.78 Å². The first-order valence-corrected chi connectivity index (χ1v) is 11.3. The van der Waals surface area contributed by atoms with E-state index in [-0.39, 0.29) is 30.2 Å². The monoisotopic (exact) mass is 460 g/mol. The van der Waals surface area contributed by atoms with Crippen LogP contribution < -0.4 is 15.2 Å². The Kier molecular flexibility index (Phi) is 7.06. The fourth-order valence-corrected chi connectivity index (χ4v) is 4.03. The summed E-state index contributed by atoms with van der Waals surface area (Å²) in [5.41, 5.74) is 2.99. The molecule has 1 aromatic heterocycles. The Labute approximate surface area is 198 Å². The van der Waals surface area contributed by atoms with E-state index in [1.807, 2.05) is 53.4 Å². The van der Waals surface area contributed by atoms with Gasteiger partial charge in [-0.3, -0.25) is 14.4 Å². The molecule has 0 atom stereocenters. The lowest BCUT2D eigenvalue weighted by molar-refractivity contribution is -0.131. The topological polar surface area (TPSA) is 84.7 Å². The standard InChI is InChI=1S/C26H28N4O4/c1-19(31)20-6-8-22(9-7-20)28-14-16-29(17-15-28)25(32)12-13-30-26(33)11-10-24(27-30)21-4-3-5-23(18-21)34-2/h3-11,18H,12-17H2,1-2H3. The highest BCUT2D eigenvalue weighted by molar-refractivity contribution is 5.94. The second kappa shape index (κ2) is 10.3. The first kappa shape index (κ1) is 23.2. The van der Waals surface area contributed by atoms with Gasteiger partial charge in [-0.2, -0.15) is 5.10 Å². The molecular weight excluding hydrogens is 432 g/mol. The Morgan fingerprint density at radius 2 is 1.71 bits per heavy atom. The van der Waals surface area contributed by atoms with Crippen LogP contribution in [0.1, 0.15) is 23.7 Å². The summed E-state index contributed by atoms with van der Waals surface area (Å²) < 4.78 is 6.61. The van der Waals surface area contributed by atoms with E-state index in [0.717, 1.165) is 11.3 Å². The quantitative estimate of drug-likeness (QED) is 0.504. The van der Waals surface area contributed by atoms with Crippen molar-refractivity contribution in [2.75, 3.05) is 38.2 Å². The van der Waals surface area contributed by atoms with Gasteiger partial charge in [0.2, 0.25) is 5.91 Å². The molecule has 0 unspecified atom stereocenters. The van der Waals surface area contributed by atoms with Crippen molar-refractivity contribution >= 4 is 17.4 Å². The minimum Gasteiger partial charge on any atom is -0.497 e. The first-order valence-electron chi connectivity index (χ1n) is 11.3. The lowest BCUT2D eigenvalue weighted by Gasteiger charge is -2.36. The van der Waals surface area contributed by atoms with Crippen LogP contribution in [-0.4, -0.2) is 59.7 Å². The van der Waals surface area contributed by atoms with Crippen molar-refractivity contribution in [1.29, 1.82) is 0 Å². The number of carbonyl (C=O) groups is 2. The zero-order chi connectivity index (χ0) is 24.1. The summed E-state index contributed by atoms with van der Waals surface area (Å²) in [6.07, 6.45) is 0.210. The normalized spacial score (nSPS) is 13.6. The van der Waals surface area contributed by atoms with Crippen LogP contribution in [0.15, 0.2) is 65.5 Å². The number of ketones is 1. The number of benzene rings is 2. The SMILES string of the molecule is COc1cccc(-c2ccc(=O)n(CCC(=O)N3CCN(c4ccc(C(C)=O)cc4)CC3)n2)c1. The van der Waals surface area contributed by atoms with E-state index in [9.17, 15) is 14.4 Å². The van der Waals surface area contributed by atoms with Gasteiger partial charge >= 0.3 is 0 Å². The Hall–Kier alpha value is -3.94. The van der Waals surface area contributed by atoms with Crippen LogP contribution >= 0.6 is 0 Å². The van der Waals surface area contributed by atoms with Crippen LogP contribution in [0, 0.1) is 0 Å². The van der Waals surface area contributed by atoms with Gasteiger partial charge in [0.25, 0.3) is 5.56 Å². The second-order valence-electron chi connectivity index (χ2n) is 8.23. The molecule has 1 saturated heterocycles. The maximum atomic E-state index is 12.8. The summed E-state index contributed by atoms with van der Waals surface area (Å²) >= 11 is 0. The number of aromatic nitrogens is 2. The predicted molar refractivity (Wildman–Crippen MR) is 130 cm³/mol. The Morgan fingerprint density at radius 3 is 2.38 bits per heavy atom. The summed E-state index contributed by atoms with van der Waals surface area (Å²) in [6.45, 7) is 4.43. The van der Waals surface area contributed by atoms with Crippen LogP contribution in [0.25, 0.3) is 11.3 Å². The highest BCUT2D eigenvalue weighted by Crippen LogP contribution is 2.21. The minimum atomic E-state index is -0.238. The second-order valence-corrected chi connectivity index (χ2v) is 8.23. The van der Waals surface area contributed by atoms with E-state index >= 15 is 0 Å². The van der Waals surface area contributed by atoms with Crippen molar-refractivity contribution in [1.82, 2.24) is 14.7 Å². The van der Waals surface area contributed by atoms with Crippen LogP contribution in [0.2, 0.25) is 0 Å². The number of piperazine rings is 1. The zero-order valence-electron chi connectivity index (χ0n) is 19.4. The van der Waals surface area contributed by atoms with E-state index in [0.29, 0.717) is 43.2 Å². The van der Waals surface area contributed by atoms with Gasteiger partial charge in [-0.05, 0) is 49.4 Å². The molecule has 1 aliphatic rings. The van der Waals surface area contributed by atoms with Crippen LogP contribution in [0.4, 0.5) is 5.69 Å². The summed E-state index contributed by atoms with van der Waals surface area (Å²) in [4.78, 5) is 40.6. The third-order valence-corrected chi connectivity index (χ3v) is 6.04. The summed E-state index contributed by atoms with van der Waals surface area (Å²) in [5.74, 6) is 0.762. The van der Waals surface area contributed by atoms with E-state index in [1.54, 1.807) is 20.1 Å². The van der Waals surface area contributed by atoms with Crippen molar-refractivity contribution in [2.24, 2.45) is 0 Å². The van der Waals surface area contributed by atoms with Gasteiger partial charge < -0.3 is 14.5 Å². The van der Waals surface area contributed by atoms with Crippen molar-refractivity contribution < 1.29 is 14.3 Å². The molecule has 0 N–H and O–H groups in total. The van der Waals surface area contributed by atoms with Crippen molar-refractivity contribution in [2.45, 2.75) is 19.9 Å². The van der Waals surface area contributed by atoms with Gasteiger partial charge in [0.05, 0.1) is 19.3 Å². The van der Waals surface area contributed by atoms with E-state index < -0.39 is 0 Å². The third-order valence-electron chi connectivity index (χ3n) is 6.04. The van der Waals surface area contributed by atoms with Gasteiger partial charge in [0, 0.05) is 55.5 Å². The molecule has 176 valence electrons. The highest BCUT2D eigenvalue weighted by Gasteiger charge is 2.21. The van der Waals surface area contributed by atoms with Crippen LogP contribution in [0.5, 0.6) is 5.75 Å². The average Bonchev–Trinajstić information content (AvgIpc) is 2.88. The van der Waals surface area contributed by atoms with Crippen LogP contribution in [0.3, 0.4) is 0 Å². The van der Waals surface area contributed by atoms with E-state index in [4.69, 9.17) is 4.74 Å². The average molecular weight is 461 g/mol. The number of hydrogen-bond donors (Lipinski definition) is 0. The zero-order valence-corrected chi connectivity index (χ0v) is 19.4. The molecule has 1 fully saturated rings. The lowest BCUT2D eigenvalue weighted by Crippen LogP contribution is -2.49. The maximum absolute atomic E-state index is 12.8. The summed E-state index contributed by atoms with van der Waals surface area (Å²) in [7, 11) is 1.60. The highest BCUT2D eigenvalue weighted by atomic mass is 16.5. The fraction of sp³-hybridized carbons (Fsp3) is 0.308. The number of hydrogen-bond acceptors (Lipinski definition) is 6. The molecule has 34 heavy (non-hydrogen) atoms. The van der Waals surface area contributed by atoms with Gasteiger partial charge in [-0.1, -0.05) is 12.1 Å². The number of rotatable bonds is 7. The number of Topliss-reactive ketones (excluding diaryl/α,β-unsaturated/α-hetero) is 1. The number of aryl methyl sites for hydroxylation is 1. The van der Waals surface area contributed by atoms with E-state index in [2.05, 4.69) is 10.00 Å². The fourth-order valence-electron chi connectivity index (χ4n) is 4.03. The lowest BCUT2D eigenvalue weighted by atomic mass is 10.1. The predicted octanol–water partition coefficient (Wildman–Crippen LogP) is 2.86. The van der Waals surface area contributed by atoms with Crippen molar-refractivity contribution in [3.63, 3.8) is 0 Å². The molecule has 0 aliphatic carbocycles. The summed E-state index contributed by atoms with van der Waals surface area (Å²) in [5, 5.41) is 4.45. The van der Waals surface area contributed by atoms with Gasteiger partial charge in [0.1, 0.15) is 5.75 Å². The molecule has 1 aliphatic heterocycles. The summed E-state index contributed by atoms with van der Waals surface area (Å²) in [6, 6.07) is 18.2. The first-order chi connectivity index (χ1) is 16.4. The molecule has 2 heterocycles. The number of methoxy groups -OCH3 is 1. The Balaban J connectivity index is 1.34. The number of amides is 1. The largest absolute Gasteiger partial charge is 0.497 e. The molecule has 8 heteroatoms. The molecule has 0 bridgehead atoms.